The van der Waals surface area contributed by atoms with Gasteiger partial charge in [0.15, 0.2) is 0 Å². The number of halogens is 2. The van der Waals surface area contributed by atoms with Crippen molar-refractivity contribution in [2.75, 3.05) is 19.8 Å². The number of hydrogen-bond acceptors (Lipinski definition) is 3. The quantitative estimate of drug-likeness (QED) is 0.660. The normalized spacial score (nSPS) is 16.3. The van der Waals surface area contributed by atoms with E-state index in [9.17, 15) is 8.78 Å². The van der Waals surface area contributed by atoms with Crippen LogP contribution in [0.1, 0.15) is 20.8 Å². The molecule has 1 unspecified atom stereocenters. The average molecular weight is 211 g/mol. The molecule has 0 spiro atoms. The summed E-state index contributed by atoms with van der Waals surface area (Å²) >= 11 is 0. The lowest BCUT2D eigenvalue weighted by atomic mass is 10.0. The minimum atomic E-state index is -2.46. The molecule has 0 fully saturated rings. The fraction of sp³-hybridized carbons (Fsp3) is 1.00. The molecule has 0 aromatic rings. The molecule has 0 rings (SSSR count). The summed E-state index contributed by atoms with van der Waals surface area (Å²) in [4.78, 5) is 0. The van der Waals surface area contributed by atoms with Crippen molar-refractivity contribution in [2.45, 2.75) is 38.8 Å². The highest BCUT2D eigenvalue weighted by Crippen LogP contribution is 2.06. The summed E-state index contributed by atoms with van der Waals surface area (Å²) in [7, 11) is 0. The second-order valence-corrected chi connectivity index (χ2v) is 3.92. The predicted octanol–water partition coefficient (Wildman–Crippen LogP) is 1.02. The number of nitrogens with one attached hydrogen (secondary N) is 1. The van der Waals surface area contributed by atoms with Crippen molar-refractivity contribution in [3.63, 3.8) is 0 Å². The third kappa shape index (κ3) is 6.23. The van der Waals surface area contributed by atoms with E-state index in [0.29, 0.717) is 0 Å². The van der Waals surface area contributed by atoms with Gasteiger partial charge in [-0.2, -0.15) is 0 Å². The molecule has 0 heterocycles. The van der Waals surface area contributed by atoms with Gasteiger partial charge < -0.3 is 15.2 Å². The van der Waals surface area contributed by atoms with Crippen LogP contribution in [0, 0.1) is 0 Å². The SMILES string of the molecule is CC(C)NC(C)(CO)COCC(F)F. The zero-order valence-corrected chi connectivity index (χ0v) is 8.89. The molecule has 3 nitrogen and oxygen atoms in total. The van der Waals surface area contributed by atoms with Crippen LogP contribution in [0.2, 0.25) is 0 Å². The third-order valence-electron chi connectivity index (χ3n) is 1.65. The molecular formula is C9H19F2NO2. The fourth-order valence-corrected chi connectivity index (χ4v) is 1.20. The fourth-order valence-electron chi connectivity index (χ4n) is 1.20. The van der Waals surface area contributed by atoms with E-state index in [1.807, 2.05) is 13.8 Å². The number of aliphatic hydroxyl groups excluding tert-OH is 1. The van der Waals surface area contributed by atoms with Gasteiger partial charge in [-0.05, 0) is 6.92 Å². The Balaban J connectivity index is 3.86. The van der Waals surface area contributed by atoms with E-state index in [2.05, 4.69) is 5.32 Å². The first-order chi connectivity index (χ1) is 6.39. The predicted molar refractivity (Wildman–Crippen MR) is 50.6 cm³/mol. The Morgan fingerprint density at radius 3 is 2.36 bits per heavy atom. The second kappa shape index (κ2) is 6.27. The van der Waals surface area contributed by atoms with Crippen molar-refractivity contribution >= 4 is 0 Å². The van der Waals surface area contributed by atoms with E-state index in [-0.39, 0.29) is 19.3 Å². The molecule has 1 atom stereocenters. The summed E-state index contributed by atoms with van der Waals surface area (Å²) in [5.41, 5.74) is -0.650. The first kappa shape index (κ1) is 13.7. The summed E-state index contributed by atoms with van der Waals surface area (Å²) in [6.07, 6.45) is -2.46. The largest absolute Gasteiger partial charge is 0.394 e. The van der Waals surface area contributed by atoms with Gasteiger partial charge in [0, 0.05) is 6.04 Å². The molecular weight excluding hydrogens is 192 g/mol. The van der Waals surface area contributed by atoms with Crippen LogP contribution < -0.4 is 5.32 Å². The number of ether oxygens (including phenoxy) is 1. The lowest BCUT2D eigenvalue weighted by Gasteiger charge is -2.30. The summed E-state index contributed by atoms with van der Waals surface area (Å²) < 4.78 is 28.3. The van der Waals surface area contributed by atoms with E-state index >= 15 is 0 Å². The van der Waals surface area contributed by atoms with E-state index < -0.39 is 18.6 Å². The minimum absolute atomic E-state index is 0.0754. The molecule has 5 heteroatoms. The second-order valence-electron chi connectivity index (χ2n) is 3.92. The standard InChI is InChI=1S/C9H19F2NO2/c1-7(2)12-9(3,5-13)6-14-4-8(10)11/h7-8,12-13H,4-6H2,1-3H3. The maximum absolute atomic E-state index is 11.8. The van der Waals surface area contributed by atoms with Gasteiger partial charge in [-0.15, -0.1) is 0 Å². The molecule has 0 aromatic carbocycles. The highest BCUT2D eigenvalue weighted by Gasteiger charge is 2.24. The van der Waals surface area contributed by atoms with Crippen LogP contribution in [0.3, 0.4) is 0 Å². The molecule has 2 N–H and O–H groups in total. The third-order valence-corrected chi connectivity index (χ3v) is 1.65. The Bertz CT molecular complexity index is 156. The number of alkyl halides is 2. The Labute approximate surface area is 83.4 Å². The highest BCUT2D eigenvalue weighted by atomic mass is 19.3. The zero-order valence-electron chi connectivity index (χ0n) is 8.89. The molecule has 86 valence electrons. The highest BCUT2D eigenvalue weighted by molar-refractivity contribution is 4.83. The zero-order chi connectivity index (χ0) is 11.2. The Hall–Kier alpha value is -0.260. The minimum Gasteiger partial charge on any atom is -0.394 e. The van der Waals surface area contributed by atoms with Crippen LogP contribution in [0.5, 0.6) is 0 Å². The van der Waals surface area contributed by atoms with Crippen LogP contribution in [0.15, 0.2) is 0 Å². The van der Waals surface area contributed by atoms with Crippen molar-refractivity contribution in [3.8, 4) is 0 Å². The summed E-state index contributed by atoms with van der Waals surface area (Å²) in [5, 5.41) is 12.1. The maximum Gasteiger partial charge on any atom is 0.261 e. The molecule has 0 saturated heterocycles. The van der Waals surface area contributed by atoms with Crippen molar-refractivity contribution < 1.29 is 18.6 Å². The topological polar surface area (TPSA) is 41.5 Å². The number of hydrogen-bond donors (Lipinski definition) is 2. The molecule has 14 heavy (non-hydrogen) atoms. The Morgan fingerprint density at radius 1 is 1.43 bits per heavy atom. The van der Waals surface area contributed by atoms with Gasteiger partial charge in [-0.3, -0.25) is 0 Å². The number of rotatable bonds is 7. The van der Waals surface area contributed by atoms with E-state index in [0.717, 1.165) is 0 Å². The van der Waals surface area contributed by atoms with Gasteiger partial charge in [0.2, 0.25) is 0 Å². The lowest BCUT2D eigenvalue weighted by Crippen LogP contribution is -2.52. The van der Waals surface area contributed by atoms with Crippen LogP contribution in [-0.2, 0) is 4.74 Å². The first-order valence-corrected chi connectivity index (χ1v) is 4.64. The number of aliphatic hydroxyl groups is 1. The van der Waals surface area contributed by atoms with Crippen molar-refractivity contribution in [1.82, 2.24) is 5.32 Å². The summed E-state index contributed by atoms with van der Waals surface area (Å²) in [6.45, 7) is 4.91. The molecule has 0 saturated carbocycles. The molecule has 0 radical (unpaired) electrons. The van der Waals surface area contributed by atoms with Crippen LogP contribution >= 0.6 is 0 Å². The van der Waals surface area contributed by atoms with E-state index in [1.54, 1.807) is 6.92 Å². The van der Waals surface area contributed by atoms with Crippen LogP contribution in [-0.4, -0.2) is 42.9 Å². The summed E-state index contributed by atoms with van der Waals surface area (Å²) in [5.74, 6) is 0. The summed E-state index contributed by atoms with van der Waals surface area (Å²) in [6, 6.07) is 0.169. The molecule has 0 aliphatic carbocycles. The molecule has 0 bridgehead atoms. The maximum atomic E-state index is 11.8. The van der Waals surface area contributed by atoms with Gasteiger partial charge in [-0.25, -0.2) is 8.78 Å². The van der Waals surface area contributed by atoms with Gasteiger partial charge >= 0.3 is 0 Å². The van der Waals surface area contributed by atoms with Crippen molar-refractivity contribution in [3.05, 3.63) is 0 Å². The van der Waals surface area contributed by atoms with Crippen LogP contribution in [0.25, 0.3) is 0 Å². The lowest BCUT2D eigenvalue weighted by molar-refractivity contribution is -0.0177. The molecule has 0 amide bonds. The van der Waals surface area contributed by atoms with E-state index in [1.165, 1.54) is 0 Å². The first-order valence-electron chi connectivity index (χ1n) is 4.64. The van der Waals surface area contributed by atoms with Gasteiger partial charge in [0.05, 0.1) is 18.8 Å². The average Bonchev–Trinajstić information content (AvgIpc) is 2.02. The Morgan fingerprint density at radius 2 is 2.00 bits per heavy atom. The van der Waals surface area contributed by atoms with E-state index in [4.69, 9.17) is 9.84 Å². The van der Waals surface area contributed by atoms with Gasteiger partial charge in [0.1, 0.15) is 6.61 Å². The van der Waals surface area contributed by atoms with Crippen LogP contribution in [0.4, 0.5) is 8.78 Å². The smallest absolute Gasteiger partial charge is 0.261 e. The monoisotopic (exact) mass is 211 g/mol. The molecule has 0 aliphatic rings. The van der Waals surface area contributed by atoms with Gasteiger partial charge in [0.25, 0.3) is 6.43 Å². The molecule has 0 aliphatic heterocycles. The van der Waals surface area contributed by atoms with Crippen molar-refractivity contribution in [1.29, 1.82) is 0 Å². The molecule has 0 aromatic heterocycles. The Kier molecular flexibility index (Phi) is 6.15. The van der Waals surface area contributed by atoms with Gasteiger partial charge in [-0.1, -0.05) is 13.8 Å². The van der Waals surface area contributed by atoms with Crippen molar-refractivity contribution in [2.24, 2.45) is 0 Å².